The number of alkyl halides is 28. The van der Waals surface area contributed by atoms with Gasteiger partial charge >= 0.3 is 72.1 Å². The summed E-state index contributed by atoms with van der Waals surface area (Å²) in [6.45, 7) is 0. The predicted molar refractivity (Wildman–Crippen MR) is 171 cm³/mol. The van der Waals surface area contributed by atoms with Crippen LogP contribution in [0.2, 0.25) is 0 Å². The van der Waals surface area contributed by atoms with Crippen LogP contribution in [0.1, 0.15) is 22.8 Å². The van der Waals surface area contributed by atoms with Gasteiger partial charge in [0, 0.05) is 8.95 Å². The zero-order chi connectivity index (χ0) is 51.2. The summed E-state index contributed by atoms with van der Waals surface area (Å²) in [6, 6.07) is -2.65. The molecule has 4 nitrogen and oxygen atoms in total. The molecule has 368 valence electrons. The molecule has 5 heterocycles. The van der Waals surface area contributed by atoms with E-state index in [0.717, 1.165) is 19.9 Å². The lowest BCUT2D eigenvalue weighted by Gasteiger charge is -2.30. The van der Waals surface area contributed by atoms with Gasteiger partial charge in [-0.25, -0.2) is 0 Å². The van der Waals surface area contributed by atoms with Crippen LogP contribution in [0, 0.1) is 0 Å². The van der Waals surface area contributed by atoms with Gasteiger partial charge in [-0.2, -0.15) is 123 Å². The zero-order valence-electron chi connectivity index (χ0n) is 29.8. The summed E-state index contributed by atoms with van der Waals surface area (Å²) in [5.41, 5.74) is -21.8. The number of hydrogen-bond donors (Lipinski definition) is 4. The van der Waals surface area contributed by atoms with Crippen LogP contribution in [-0.2, 0) is 0 Å². The molecule has 4 aromatic rings. The number of hydrogen-bond acceptors (Lipinski definition) is 0. The Labute approximate surface area is 358 Å². The largest absolute Gasteiger partial charge is 0.460 e. The number of aromatic amines is 4. The number of nitrogens with one attached hydrogen (secondary N) is 4. The first kappa shape index (κ1) is 52.6. The molecule has 0 aliphatic carbocycles. The fourth-order valence-electron chi connectivity index (χ4n) is 6.09. The number of halogens is 30. The van der Waals surface area contributed by atoms with Crippen molar-refractivity contribution in [2.45, 2.75) is 72.1 Å². The summed E-state index contributed by atoms with van der Waals surface area (Å²) in [6.07, 6.45) is -29.9. The smallest absolute Gasteiger partial charge is 0.355 e. The number of fused-ring (bicyclic) bond motifs is 8. The average molecular weight is 1140 g/mol. The monoisotopic (exact) mass is 1140 g/mol. The molecular formula is C32H10Br2F28N4. The van der Waals surface area contributed by atoms with Crippen molar-refractivity contribution >= 4 is 54.2 Å². The molecule has 4 aromatic heterocycles. The van der Waals surface area contributed by atoms with Crippen molar-refractivity contribution in [3.63, 3.8) is 0 Å². The van der Waals surface area contributed by atoms with Crippen LogP contribution in [0.4, 0.5) is 123 Å². The van der Waals surface area contributed by atoms with E-state index in [1.165, 1.54) is 0 Å². The van der Waals surface area contributed by atoms with Crippen LogP contribution < -0.4 is 21.4 Å². The maximum absolute atomic E-state index is 15.8. The van der Waals surface area contributed by atoms with Crippen LogP contribution in [0.3, 0.4) is 0 Å². The predicted octanol–water partition coefficient (Wildman–Crippen LogP) is 11.0. The Bertz CT molecular complexity index is 2610. The van der Waals surface area contributed by atoms with Gasteiger partial charge in [-0.15, -0.1) is 0 Å². The Morgan fingerprint density at radius 3 is 0.697 bits per heavy atom. The molecule has 0 radical (unpaired) electrons. The Balaban J connectivity index is 2.24. The van der Waals surface area contributed by atoms with E-state index in [1.54, 1.807) is 0 Å². The van der Waals surface area contributed by atoms with E-state index in [4.69, 9.17) is 0 Å². The van der Waals surface area contributed by atoms with Crippen molar-refractivity contribution in [1.29, 1.82) is 0 Å². The molecule has 0 atom stereocenters. The van der Waals surface area contributed by atoms with Crippen LogP contribution in [0.5, 0.6) is 0 Å². The van der Waals surface area contributed by atoms with Crippen LogP contribution in [-0.4, -0.2) is 92.0 Å². The van der Waals surface area contributed by atoms with Crippen molar-refractivity contribution in [1.82, 2.24) is 19.9 Å². The van der Waals surface area contributed by atoms with Crippen molar-refractivity contribution in [2.75, 3.05) is 0 Å². The minimum atomic E-state index is -7.52. The molecule has 0 spiro atoms. The number of rotatable bonds is 8. The normalized spacial score (nSPS) is 16.2. The molecule has 34 heteroatoms. The molecule has 4 N–H and O–H groups in total. The Morgan fingerprint density at radius 2 is 0.485 bits per heavy atom. The van der Waals surface area contributed by atoms with E-state index in [0.29, 0.717) is 0 Å². The SMILES string of the molecule is FC(F)(F)C(F)(F)C(F)(F)C1=c2cc(Br)c([nH]2)=C(C(F)(F)C(F)(F)C(F)(F)F)c2ccc([nH]2)C(C(F)(F)C(F)(F)C(F)(F)F)=c2cc(Br)c([nH]2)=C(C(F)(F)C(F)(F)C(F)(F)F)c2ccc1[nH]2. The third kappa shape index (κ3) is 7.46. The molecule has 0 saturated carbocycles. The summed E-state index contributed by atoms with van der Waals surface area (Å²) < 4.78 is 404. The third-order valence-corrected chi connectivity index (χ3v) is 10.5. The second-order valence-corrected chi connectivity index (χ2v) is 15.2. The van der Waals surface area contributed by atoms with Gasteiger partial charge in [-0.1, -0.05) is 0 Å². The van der Waals surface area contributed by atoms with Gasteiger partial charge in [0.25, 0.3) is 0 Å². The Hall–Kier alpha value is -4.40. The number of aromatic nitrogens is 4. The van der Waals surface area contributed by atoms with E-state index in [2.05, 4.69) is 31.9 Å². The fourth-order valence-corrected chi connectivity index (χ4v) is 7.15. The Kier molecular flexibility index (Phi) is 12.0. The molecule has 0 unspecified atom stereocenters. The highest BCUT2D eigenvalue weighted by Gasteiger charge is 2.78. The van der Waals surface area contributed by atoms with Gasteiger partial charge in [0.1, 0.15) is 0 Å². The third-order valence-electron chi connectivity index (χ3n) is 9.28. The average Bonchev–Trinajstić information content (AvgIpc) is 3.92. The first-order valence-corrected chi connectivity index (χ1v) is 17.7. The summed E-state index contributed by atoms with van der Waals surface area (Å²) in [5, 5.41) is -9.33. The lowest BCUT2D eigenvalue weighted by atomic mass is 9.98. The molecule has 0 fully saturated rings. The highest BCUT2D eigenvalue weighted by Crippen LogP contribution is 2.56. The van der Waals surface area contributed by atoms with Crippen molar-refractivity contribution < 1.29 is 123 Å². The molecule has 66 heavy (non-hydrogen) atoms. The molecule has 0 aromatic carbocycles. The zero-order valence-corrected chi connectivity index (χ0v) is 33.0. The van der Waals surface area contributed by atoms with Gasteiger partial charge in [-0.05, 0) is 68.3 Å². The molecular weight excluding hydrogens is 1130 g/mol. The van der Waals surface area contributed by atoms with Gasteiger partial charge in [-0.3, -0.25) is 0 Å². The maximum atomic E-state index is 15.8. The summed E-state index contributed by atoms with van der Waals surface area (Å²) >= 11 is 4.23. The lowest BCUT2D eigenvalue weighted by molar-refractivity contribution is -0.339. The van der Waals surface area contributed by atoms with E-state index >= 15 is 35.1 Å². The van der Waals surface area contributed by atoms with Crippen LogP contribution in [0.15, 0.2) is 45.3 Å². The second-order valence-electron chi connectivity index (χ2n) is 13.5. The molecule has 0 saturated heterocycles. The quantitative estimate of drug-likeness (QED) is 0.127. The Morgan fingerprint density at radius 1 is 0.288 bits per heavy atom. The molecule has 5 rings (SSSR count). The summed E-state index contributed by atoms with van der Waals surface area (Å²) in [5.74, 6) is -58.3. The second kappa shape index (κ2) is 15.0. The van der Waals surface area contributed by atoms with Crippen molar-refractivity contribution in [2.24, 2.45) is 0 Å². The van der Waals surface area contributed by atoms with E-state index < -0.39 is 184 Å². The van der Waals surface area contributed by atoms with Gasteiger partial charge in [0.2, 0.25) is 0 Å². The van der Waals surface area contributed by atoms with Gasteiger partial charge in [0.15, 0.2) is 0 Å². The number of H-pyrrole nitrogens is 4. The lowest BCUT2D eigenvalue weighted by Crippen LogP contribution is -2.54. The summed E-state index contributed by atoms with van der Waals surface area (Å²) in [7, 11) is 0. The van der Waals surface area contributed by atoms with Gasteiger partial charge in [0.05, 0.1) is 66.5 Å². The van der Waals surface area contributed by atoms with Crippen LogP contribution in [0.25, 0.3) is 22.3 Å². The molecule has 8 bridgehead atoms. The molecule has 1 aliphatic heterocycles. The first-order valence-electron chi connectivity index (χ1n) is 16.1. The minimum Gasteiger partial charge on any atom is -0.355 e. The standard InChI is InChI=1S/C32H10Br2F28N4/c33-7-5-13-15(21(35,36)25(43,44)29(51,52)53)9-1-3-11(63-9)17(23(39,40)27(47,48)31(57,58)59)19-8(34)6-14(66-19)16(22(37,38)26(45,46)30(54,55)56)10-2-4-12(64-10)18(20(7)65-13)24(41,42)28(49,50)32(60,61)62/h1-6,63-66H. The van der Waals surface area contributed by atoms with Crippen LogP contribution >= 0.6 is 31.9 Å². The van der Waals surface area contributed by atoms with E-state index in [9.17, 15) is 87.8 Å². The topological polar surface area (TPSA) is 63.2 Å². The molecule has 1 aliphatic rings. The summed E-state index contributed by atoms with van der Waals surface area (Å²) in [4.78, 5) is 4.05. The van der Waals surface area contributed by atoms with E-state index in [-0.39, 0.29) is 0 Å². The van der Waals surface area contributed by atoms with E-state index in [1.807, 2.05) is 0 Å². The first-order chi connectivity index (χ1) is 29.2. The van der Waals surface area contributed by atoms with Crippen molar-refractivity contribution in [3.8, 4) is 0 Å². The fraction of sp³-hybridized carbons (Fsp3) is 0.375. The highest BCUT2D eigenvalue weighted by molar-refractivity contribution is 9.10. The molecule has 0 amide bonds. The maximum Gasteiger partial charge on any atom is 0.460 e. The highest BCUT2D eigenvalue weighted by atomic mass is 79.9. The van der Waals surface area contributed by atoms with Gasteiger partial charge < -0.3 is 19.9 Å². The van der Waals surface area contributed by atoms with Crippen molar-refractivity contribution in [3.05, 3.63) is 89.5 Å². The minimum absolute atomic E-state index is 0.435.